The SMILES string of the molecule is CC(CCNc1cccc(Cl)c1C(=O)O)c1ccccc1. The highest BCUT2D eigenvalue weighted by atomic mass is 35.5. The molecule has 0 aromatic heterocycles. The molecule has 0 saturated carbocycles. The van der Waals surface area contributed by atoms with Gasteiger partial charge in [-0.2, -0.15) is 0 Å². The van der Waals surface area contributed by atoms with E-state index in [-0.39, 0.29) is 10.6 Å². The summed E-state index contributed by atoms with van der Waals surface area (Å²) in [6.07, 6.45) is 0.912. The molecule has 21 heavy (non-hydrogen) atoms. The smallest absolute Gasteiger partial charge is 0.339 e. The van der Waals surface area contributed by atoms with Crippen LogP contribution in [-0.2, 0) is 0 Å². The van der Waals surface area contributed by atoms with Crippen molar-refractivity contribution in [2.24, 2.45) is 0 Å². The summed E-state index contributed by atoms with van der Waals surface area (Å²) >= 11 is 5.94. The van der Waals surface area contributed by atoms with Crippen LogP contribution in [0.3, 0.4) is 0 Å². The summed E-state index contributed by atoms with van der Waals surface area (Å²) in [6, 6.07) is 15.3. The summed E-state index contributed by atoms with van der Waals surface area (Å²) in [5.74, 6) is -0.606. The molecule has 2 aromatic rings. The molecule has 110 valence electrons. The molecule has 0 saturated heterocycles. The fraction of sp³-hybridized carbons (Fsp3) is 0.235. The van der Waals surface area contributed by atoms with Crippen molar-refractivity contribution in [2.45, 2.75) is 19.3 Å². The number of hydrogen-bond acceptors (Lipinski definition) is 2. The van der Waals surface area contributed by atoms with Gasteiger partial charge in [-0.1, -0.05) is 54.9 Å². The van der Waals surface area contributed by atoms with Gasteiger partial charge in [0.25, 0.3) is 0 Å². The van der Waals surface area contributed by atoms with E-state index in [1.165, 1.54) is 5.56 Å². The minimum atomic E-state index is -1.01. The van der Waals surface area contributed by atoms with Gasteiger partial charge in [-0.25, -0.2) is 4.79 Å². The Bertz CT molecular complexity index is 613. The molecule has 0 aliphatic carbocycles. The van der Waals surface area contributed by atoms with E-state index in [1.54, 1.807) is 18.2 Å². The van der Waals surface area contributed by atoms with Crippen molar-refractivity contribution in [1.29, 1.82) is 0 Å². The van der Waals surface area contributed by atoms with Crippen LogP contribution < -0.4 is 5.32 Å². The van der Waals surface area contributed by atoms with Crippen molar-refractivity contribution in [3.63, 3.8) is 0 Å². The average molecular weight is 304 g/mol. The summed E-state index contributed by atoms with van der Waals surface area (Å²) in [6.45, 7) is 2.85. The number of aromatic carboxylic acids is 1. The number of carbonyl (C=O) groups is 1. The quantitative estimate of drug-likeness (QED) is 0.817. The van der Waals surface area contributed by atoms with Crippen LogP contribution in [0.4, 0.5) is 5.69 Å². The average Bonchev–Trinajstić information content (AvgIpc) is 2.47. The predicted octanol–water partition coefficient (Wildman–Crippen LogP) is 4.64. The van der Waals surface area contributed by atoms with Crippen molar-refractivity contribution < 1.29 is 9.90 Å². The third-order valence-electron chi connectivity index (χ3n) is 3.49. The Morgan fingerprint density at radius 2 is 1.90 bits per heavy atom. The highest BCUT2D eigenvalue weighted by Gasteiger charge is 2.14. The monoisotopic (exact) mass is 303 g/mol. The topological polar surface area (TPSA) is 49.3 Å². The zero-order valence-electron chi connectivity index (χ0n) is 11.8. The van der Waals surface area contributed by atoms with Crippen LogP contribution in [0.1, 0.15) is 35.2 Å². The number of carboxylic acid groups (broad SMARTS) is 1. The van der Waals surface area contributed by atoms with Gasteiger partial charge in [-0.3, -0.25) is 0 Å². The summed E-state index contributed by atoms with van der Waals surface area (Å²) < 4.78 is 0. The van der Waals surface area contributed by atoms with Crippen LogP contribution in [0.2, 0.25) is 5.02 Å². The molecule has 0 spiro atoms. The third kappa shape index (κ3) is 3.99. The first kappa shape index (κ1) is 15.4. The molecule has 1 atom stereocenters. The van der Waals surface area contributed by atoms with Gasteiger partial charge in [-0.15, -0.1) is 0 Å². The van der Waals surface area contributed by atoms with Crippen molar-refractivity contribution in [1.82, 2.24) is 0 Å². The fourth-order valence-electron chi connectivity index (χ4n) is 2.26. The Labute approximate surface area is 129 Å². The summed E-state index contributed by atoms with van der Waals surface area (Å²) in [7, 11) is 0. The molecule has 1 unspecified atom stereocenters. The number of carboxylic acids is 1. The van der Waals surface area contributed by atoms with E-state index in [1.807, 2.05) is 18.2 Å². The zero-order chi connectivity index (χ0) is 15.2. The van der Waals surface area contributed by atoms with Crippen LogP contribution in [0.5, 0.6) is 0 Å². The molecule has 0 radical (unpaired) electrons. The molecule has 0 aliphatic heterocycles. The molecule has 3 nitrogen and oxygen atoms in total. The highest BCUT2D eigenvalue weighted by Crippen LogP contribution is 2.25. The standard InChI is InChI=1S/C17H18ClNO2/c1-12(13-6-3-2-4-7-13)10-11-19-15-9-5-8-14(18)16(15)17(20)21/h2-9,12,19H,10-11H2,1H3,(H,20,21). The van der Waals surface area contributed by atoms with Gasteiger partial charge in [0.2, 0.25) is 0 Å². The summed E-state index contributed by atoms with van der Waals surface area (Å²) in [5, 5.41) is 12.6. The van der Waals surface area contributed by atoms with Crippen LogP contribution in [-0.4, -0.2) is 17.6 Å². The maximum atomic E-state index is 11.2. The van der Waals surface area contributed by atoms with Gasteiger partial charge in [-0.05, 0) is 30.0 Å². The zero-order valence-corrected chi connectivity index (χ0v) is 12.6. The van der Waals surface area contributed by atoms with Crippen molar-refractivity contribution in [3.8, 4) is 0 Å². The van der Waals surface area contributed by atoms with Crippen LogP contribution >= 0.6 is 11.6 Å². The second-order valence-electron chi connectivity index (χ2n) is 4.99. The predicted molar refractivity (Wildman–Crippen MR) is 86.4 cm³/mol. The largest absolute Gasteiger partial charge is 0.478 e. The van der Waals surface area contributed by atoms with E-state index in [0.29, 0.717) is 18.2 Å². The second kappa shape index (κ2) is 7.14. The minimum absolute atomic E-state index is 0.131. The van der Waals surface area contributed by atoms with Gasteiger partial charge in [0, 0.05) is 6.54 Å². The molecule has 4 heteroatoms. The van der Waals surface area contributed by atoms with Crippen molar-refractivity contribution in [3.05, 3.63) is 64.7 Å². The Kier molecular flexibility index (Phi) is 5.23. The lowest BCUT2D eigenvalue weighted by atomic mass is 9.98. The third-order valence-corrected chi connectivity index (χ3v) is 3.80. The minimum Gasteiger partial charge on any atom is -0.478 e. The lowest BCUT2D eigenvalue weighted by Gasteiger charge is -2.14. The first-order valence-corrected chi connectivity index (χ1v) is 7.28. The van der Waals surface area contributed by atoms with E-state index in [0.717, 1.165) is 6.42 Å². The Balaban J connectivity index is 1.98. The molecule has 2 rings (SSSR count). The van der Waals surface area contributed by atoms with Crippen LogP contribution in [0, 0.1) is 0 Å². The molecule has 0 amide bonds. The maximum absolute atomic E-state index is 11.2. The second-order valence-corrected chi connectivity index (χ2v) is 5.40. The number of benzene rings is 2. The van der Waals surface area contributed by atoms with Gasteiger partial charge in [0.05, 0.1) is 10.7 Å². The van der Waals surface area contributed by atoms with E-state index in [2.05, 4.69) is 24.4 Å². The van der Waals surface area contributed by atoms with Gasteiger partial charge in [0.15, 0.2) is 0 Å². The summed E-state index contributed by atoms with van der Waals surface area (Å²) in [4.78, 5) is 11.2. The molecule has 0 fully saturated rings. The normalized spacial score (nSPS) is 11.9. The summed E-state index contributed by atoms with van der Waals surface area (Å²) in [5.41, 5.74) is 1.98. The van der Waals surface area contributed by atoms with Gasteiger partial charge in [0.1, 0.15) is 5.56 Å². The molecule has 0 bridgehead atoms. The molecular weight excluding hydrogens is 286 g/mol. The van der Waals surface area contributed by atoms with E-state index in [4.69, 9.17) is 11.6 Å². The highest BCUT2D eigenvalue weighted by molar-refractivity contribution is 6.34. The number of halogens is 1. The lowest BCUT2D eigenvalue weighted by molar-refractivity contribution is 0.0698. The molecule has 0 aliphatic rings. The van der Waals surface area contributed by atoms with E-state index < -0.39 is 5.97 Å². The first-order valence-electron chi connectivity index (χ1n) is 6.90. The first-order chi connectivity index (χ1) is 10.1. The number of hydrogen-bond donors (Lipinski definition) is 2. The Morgan fingerprint density at radius 3 is 2.57 bits per heavy atom. The van der Waals surface area contributed by atoms with Crippen molar-refractivity contribution >= 4 is 23.3 Å². The van der Waals surface area contributed by atoms with E-state index in [9.17, 15) is 9.90 Å². The Morgan fingerprint density at radius 1 is 1.19 bits per heavy atom. The van der Waals surface area contributed by atoms with Crippen LogP contribution in [0.25, 0.3) is 0 Å². The van der Waals surface area contributed by atoms with Gasteiger partial charge < -0.3 is 10.4 Å². The molecule has 2 aromatic carbocycles. The van der Waals surface area contributed by atoms with E-state index >= 15 is 0 Å². The molecule has 0 heterocycles. The Hall–Kier alpha value is -2.00. The number of anilines is 1. The fourth-order valence-corrected chi connectivity index (χ4v) is 2.52. The number of rotatable bonds is 6. The lowest BCUT2D eigenvalue weighted by Crippen LogP contribution is -2.10. The van der Waals surface area contributed by atoms with Crippen LogP contribution in [0.15, 0.2) is 48.5 Å². The van der Waals surface area contributed by atoms with Crippen molar-refractivity contribution in [2.75, 3.05) is 11.9 Å². The van der Waals surface area contributed by atoms with Gasteiger partial charge >= 0.3 is 5.97 Å². The maximum Gasteiger partial charge on any atom is 0.339 e. The molecular formula is C17H18ClNO2. The molecule has 2 N–H and O–H groups in total. The number of nitrogens with one attached hydrogen (secondary N) is 1.